The number of hydrogen-bond acceptors (Lipinski definition) is 3. The molecule has 0 saturated heterocycles. The molecule has 0 amide bonds. The van der Waals surface area contributed by atoms with Crippen LogP contribution < -0.4 is 10.6 Å². The average Bonchev–Trinajstić information content (AvgIpc) is 2.34. The van der Waals surface area contributed by atoms with Crippen molar-refractivity contribution in [3.63, 3.8) is 0 Å². The summed E-state index contributed by atoms with van der Waals surface area (Å²) in [7, 11) is 0. The van der Waals surface area contributed by atoms with E-state index in [9.17, 15) is 5.11 Å². The molecule has 0 aliphatic carbocycles. The van der Waals surface area contributed by atoms with Crippen LogP contribution in [0.4, 0.5) is 11.4 Å². The normalized spacial score (nSPS) is 11.4. The first-order chi connectivity index (χ1) is 8.93. The molecule has 3 nitrogen and oxygen atoms in total. The van der Waals surface area contributed by atoms with Crippen LogP contribution in [-0.4, -0.2) is 24.3 Å². The molecular weight excluding hydrogens is 236 g/mol. The molecule has 0 atom stereocenters. The average molecular weight is 264 g/mol. The summed E-state index contributed by atoms with van der Waals surface area (Å²) in [5, 5.41) is 9.34. The molecule has 0 aliphatic rings. The molecule has 0 bridgehead atoms. The molecule has 1 rings (SSSR count). The van der Waals surface area contributed by atoms with Gasteiger partial charge < -0.3 is 15.7 Å². The van der Waals surface area contributed by atoms with Crippen molar-refractivity contribution in [1.29, 1.82) is 0 Å². The van der Waals surface area contributed by atoms with Crippen molar-refractivity contribution in [2.45, 2.75) is 53.0 Å². The maximum atomic E-state index is 9.34. The third-order valence-corrected chi connectivity index (χ3v) is 3.58. The number of rotatable bonds is 6. The second-order valence-electron chi connectivity index (χ2n) is 5.59. The van der Waals surface area contributed by atoms with Gasteiger partial charge in [-0.15, -0.1) is 0 Å². The van der Waals surface area contributed by atoms with Gasteiger partial charge >= 0.3 is 0 Å². The summed E-state index contributed by atoms with van der Waals surface area (Å²) >= 11 is 0. The Balaban J connectivity index is 3.45. The Morgan fingerprint density at radius 1 is 1.21 bits per heavy atom. The Hall–Kier alpha value is -1.22. The number of anilines is 2. The van der Waals surface area contributed by atoms with Gasteiger partial charge in [-0.1, -0.05) is 26.8 Å². The van der Waals surface area contributed by atoms with Crippen LogP contribution in [0.5, 0.6) is 0 Å². The molecule has 0 unspecified atom stereocenters. The van der Waals surface area contributed by atoms with Crippen molar-refractivity contribution in [1.82, 2.24) is 0 Å². The van der Waals surface area contributed by atoms with E-state index >= 15 is 0 Å². The number of aliphatic hydroxyl groups excluding tert-OH is 1. The molecule has 3 N–H and O–H groups in total. The molecule has 19 heavy (non-hydrogen) atoms. The highest BCUT2D eigenvalue weighted by molar-refractivity contribution is 5.70. The predicted octanol–water partition coefficient (Wildman–Crippen LogP) is 3.16. The molecule has 3 heteroatoms. The Morgan fingerprint density at radius 3 is 2.26 bits per heavy atom. The first-order valence-corrected chi connectivity index (χ1v) is 7.22. The smallest absolute Gasteiger partial charge is 0.0606 e. The zero-order chi connectivity index (χ0) is 14.6. The summed E-state index contributed by atoms with van der Waals surface area (Å²) in [5.74, 6) is 0.445. The lowest BCUT2D eigenvalue weighted by molar-refractivity contribution is 0.299. The standard InChI is InChI=1S/C16H28N2O/c1-6-13-15(17)8-7-14(11(2)3)16(13)18(9-10-19)12(4)5/h7-8,11-12,19H,6,9-10,17H2,1-5H3. The van der Waals surface area contributed by atoms with E-state index in [4.69, 9.17) is 5.73 Å². The van der Waals surface area contributed by atoms with Crippen LogP contribution in [0.25, 0.3) is 0 Å². The van der Waals surface area contributed by atoms with Crippen LogP contribution in [0, 0.1) is 0 Å². The van der Waals surface area contributed by atoms with E-state index in [1.54, 1.807) is 0 Å². The molecule has 0 heterocycles. The summed E-state index contributed by atoms with van der Waals surface area (Å²) in [4.78, 5) is 2.27. The number of nitrogens with zero attached hydrogens (tertiary/aromatic N) is 1. The molecule has 0 saturated carbocycles. The minimum absolute atomic E-state index is 0.160. The van der Waals surface area contributed by atoms with E-state index in [0.717, 1.165) is 12.1 Å². The van der Waals surface area contributed by atoms with E-state index in [1.807, 2.05) is 6.07 Å². The van der Waals surface area contributed by atoms with Crippen LogP contribution >= 0.6 is 0 Å². The predicted molar refractivity (Wildman–Crippen MR) is 83.9 cm³/mol. The Labute approximate surface area is 117 Å². The highest BCUT2D eigenvalue weighted by atomic mass is 16.3. The minimum atomic E-state index is 0.160. The Kier molecular flexibility index (Phi) is 5.67. The molecule has 0 aromatic heterocycles. The summed E-state index contributed by atoms with van der Waals surface area (Å²) in [6, 6.07) is 4.48. The first kappa shape index (κ1) is 15.8. The van der Waals surface area contributed by atoms with Gasteiger partial charge in [-0.05, 0) is 43.4 Å². The van der Waals surface area contributed by atoms with Crippen LogP contribution in [0.1, 0.15) is 51.7 Å². The minimum Gasteiger partial charge on any atom is -0.398 e. The van der Waals surface area contributed by atoms with Gasteiger partial charge in [0.25, 0.3) is 0 Å². The van der Waals surface area contributed by atoms with Crippen molar-refractivity contribution in [2.24, 2.45) is 0 Å². The summed E-state index contributed by atoms with van der Waals surface area (Å²) < 4.78 is 0. The maximum Gasteiger partial charge on any atom is 0.0606 e. The van der Waals surface area contributed by atoms with E-state index in [1.165, 1.54) is 16.8 Å². The molecule has 0 spiro atoms. The van der Waals surface area contributed by atoms with Crippen LogP contribution in [0.15, 0.2) is 12.1 Å². The largest absolute Gasteiger partial charge is 0.398 e. The number of benzene rings is 1. The van der Waals surface area contributed by atoms with Crippen molar-refractivity contribution in [3.8, 4) is 0 Å². The number of hydrogen-bond donors (Lipinski definition) is 2. The third kappa shape index (κ3) is 3.41. The first-order valence-electron chi connectivity index (χ1n) is 7.22. The zero-order valence-corrected chi connectivity index (χ0v) is 12.9. The lowest BCUT2D eigenvalue weighted by Gasteiger charge is -2.34. The molecule has 108 valence electrons. The van der Waals surface area contributed by atoms with Gasteiger partial charge in [-0.2, -0.15) is 0 Å². The molecule has 1 aromatic carbocycles. The summed E-state index contributed by atoms with van der Waals surface area (Å²) in [6.07, 6.45) is 0.913. The van der Waals surface area contributed by atoms with Gasteiger partial charge in [0, 0.05) is 24.0 Å². The molecule has 1 aromatic rings. The van der Waals surface area contributed by atoms with Gasteiger partial charge in [0.2, 0.25) is 0 Å². The highest BCUT2D eigenvalue weighted by Gasteiger charge is 2.20. The number of nitrogen functional groups attached to an aromatic ring is 1. The lowest BCUT2D eigenvalue weighted by atomic mass is 9.94. The van der Waals surface area contributed by atoms with E-state index in [0.29, 0.717) is 18.5 Å². The summed E-state index contributed by atoms with van der Waals surface area (Å²) in [6.45, 7) is 11.7. The second kappa shape index (κ2) is 6.80. The quantitative estimate of drug-likeness (QED) is 0.776. The molecule has 0 aliphatic heterocycles. The van der Waals surface area contributed by atoms with E-state index in [-0.39, 0.29) is 6.61 Å². The Bertz CT molecular complexity index is 413. The van der Waals surface area contributed by atoms with Crippen LogP contribution in [-0.2, 0) is 6.42 Å². The zero-order valence-electron chi connectivity index (χ0n) is 12.9. The number of nitrogens with two attached hydrogens (primary N) is 1. The van der Waals surface area contributed by atoms with Crippen molar-refractivity contribution in [3.05, 3.63) is 23.3 Å². The topological polar surface area (TPSA) is 49.5 Å². The van der Waals surface area contributed by atoms with Gasteiger partial charge in [0.15, 0.2) is 0 Å². The highest BCUT2D eigenvalue weighted by Crippen LogP contribution is 2.36. The molecule has 0 fully saturated rings. The Morgan fingerprint density at radius 2 is 1.84 bits per heavy atom. The van der Waals surface area contributed by atoms with Crippen LogP contribution in [0.2, 0.25) is 0 Å². The fraction of sp³-hybridized carbons (Fsp3) is 0.625. The van der Waals surface area contributed by atoms with Gasteiger partial charge in [-0.25, -0.2) is 0 Å². The number of aliphatic hydroxyl groups is 1. The van der Waals surface area contributed by atoms with Crippen molar-refractivity contribution >= 4 is 11.4 Å². The van der Waals surface area contributed by atoms with Gasteiger partial charge in [0.1, 0.15) is 0 Å². The van der Waals surface area contributed by atoms with Crippen LogP contribution in [0.3, 0.4) is 0 Å². The fourth-order valence-corrected chi connectivity index (χ4v) is 2.58. The molecular formula is C16H28N2O. The molecule has 0 radical (unpaired) electrons. The van der Waals surface area contributed by atoms with Crippen molar-refractivity contribution < 1.29 is 5.11 Å². The monoisotopic (exact) mass is 264 g/mol. The third-order valence-electron chi connectivity index (χ3n) is 3.58. The van der Waals surface area contributed by atoms with Gasteiger partial charge in [-0.3, -0.25) is 0 Å². The van der Waals surface area contributed by atoms with Crippen molar-refractivity contribution in [2.75, 3.05) is 23.8 Å². The van der Waals surface area contributed by atoms with Gasteiger partial charge in [0.05, 0.1) is 6.61 Å². The van der Waals surface area contributed by atoms with E-state index in [2.05, 4.69) is 45.6 Å². The maximum absolute atomic E-state index is 9.34. The fourth-order valence-electron chi connectivity index (χ4n) is 2.58. The van der Waals surface area contributed by atoms with E-state index < -0.39 is 0 Å². The SMILES string of the molecule is CCc1c(N)ccc(C(C)C)c1N(CCO)C(C)C. The lowest BCUT2D eigenvalue weighted by Crippen LogP contribution is -2.35. The second-order valence-corrected chi connectivity index (χ2v) is 5.59. The summed E-state index contributed by atoms with van der Waals surface area (Å²) in [5.41, 5.74) is 10.7.